The summed E-state index contributed by atoms with van der Waals surface area (Å²) in [7, 11) is 3.83. The van der Waals surface area contributed by atoms with E-state index in [4.69, 9.17) is 11.6 Å². The lowest BCUT2D eigenvalue weighted by Crippen LogP contribution is -2.15. The van der Waals surface area contributed by atoms with E-state index in [2.05, 4.69) is 0 Å². The minimum absolute atomic E-state index is 0.0879. The van der Waals surface area contributed by atoms with Crippen molar-refractivity contribution in [1.29, 1.82) is 0 Å². The average Bonchev–Trinajstić information content (AvgIpc) is 2.22. The summed E-state index contributed by atoms with van der Waals surface area (Å²) in [4.78, 5) is 15.0. The maximum absolute atomic E-state index is 12.1. The standard InChI is InChI=1S/C12H12ClNOS/c1-14(2)6-8-7-16-11-4-3-9(13)5-10(11)12(8)15/h3-6H,7H2,1-2H3/b8-6+. The van der Waals surface area contributed by atoms with Crippen LogP contribution in [-0.2, 0) is 0 Å². The number of benzene rings is 1. The highest BCUT2D eigenvalue weighted by molar-refractivity contribution is 7.99. The van der Waals surface area contributed by atoms with Crippen molar-refractivity contribution in [3.8, 4) is 0 Å². The number of hydrogen-bond acceptors (Lipinski definition) is 3. The Bertz CT molecular complexity index is 468. The molecule has 1 aromatic carbocycles. The Labute approximate surface area is 104 Å². The Hall–Kier alpha value is -0.930. The van der Waals surface area contributed by atoms with Crippen LogP contribution in [0.1, 0.15) is 10.4 Å². The van der Waals surface area contributed by atoms with Gasteiger partial charge in [0.25, 0.3) is 0 Å². The molecule has 1 aliphatic heterocycles. The zero-order valence-electron chi connectivity index (χ0n) is 9.16. The minimum atomic E-state index is 0.0879. The lowest BCUT2D eigenvalue weighted by atomic mass is 10.0. The number of carbonyl (C=O) groups is 1. The molecule has 2 rings (SSSR count). The summed E-state index contributed by atoms with van der Waals surface area (Å²) in [6.07, 6.45) is 1.87. The van der Waals surface area contributed by atoms with Gasteiger partial charge in [0.1, 0.15) is 0 Å². The van der Waals surface area contributed by atoms with Crippen LogP contribution in [0, 0.1) is 0 Å². The van der Waals surface area contributed by atoms with Gasteiger partial charge in [0, 0.05) is 47.1 Å². The number of ketones is 1. The molecule has 2 nitrogen and oxygen atoms in total. The number of thioether (sulfide) groups is 1. The highest BCUT2D eigenvalue weighted by atomic mass is 35.5. The van der Waals surface area contributed by atoms with E-state index in [1.807, 2.05) is 37.3 Å². The van der Waals surface area contributed by atoms with Crippen molar-refractivity contribution in [2.75, 3.05) is 19.8 Å². The molecule has 0 fully saturated rings. The number of fused-ring (bicyclic) bond motifs is 1. The minimum Gasteiger partial charge on any atom is -0.383 e. The summed E-state index contributed by atoms with van der Waals surface area (Å²) in [5, 5.41) is 0.610. The Morgan fingerprint density at radius 2 is 2.19 bits per heavy atom. The van der Waals surface area contributed by atoms with Gasteiger partial charge in [-0.2, -0.15) is 0 Å². The second-order valence-corrected chi connectivity index (χ2v) is 5.33. The lowest BCUT2D eigenvalue weighted by Gasteiger charge is -2.18. The van der Waals surface area contributed by atoms with Gasteiger partial charge >= 0.3 is 0 Å². The van der Waals surface area contributed by atoms with Crippen LogP contribution < -0.4 is 0 Å². The van der Waals surface area contributed by atoms with E-state index in [1.54, 1.807) is 17.8 Å². The molecule has 0 spiro atoms. The molecule has 0 N–H and O–H groups in total. The summed E-state index contributed by atoms with van der Waals surface area (Å²) >= 11 is 7.58. The van der Waals surface area contributed by atoms with Crippen LogP contribution in [0.25, 0.3) is 0 Å². The van der Waals surface area contributed by atoms with Crippen molar-refractivity contribution in [3.63, 3.8) is 0 Å². The van der Waals surface area contributed by atoms with Crippen molar-refractivity contribution in [2.24, 2.45) is 0 Å². The predicted molar refractivity (Wildman–Crippen MR) is 68.3 cm³/mol. The maximum Gasteiger partial charge on any atom is 0.192 e. The van der Waals surface area contributed by atoms with E-state index in [-0.39, 0.29) is 5.78 Å². The van der Waals surface area contributed by atoms with E-state index >= 15 is 0 Å². The van der Waals surface area contributed by atoms with Gasteiger partial charge in [-0.15, -0.1) is 11.8 Å². The lowest BCUT2D eigenvalue weighted by molar-refractivity contribution is 0.102. The molecular formula is C12H12ClNOS. The van der Waals surface area contributed by atoms with Gasteiger partial charge in [-0.3, -0.25) is 4.79 Å². The molecule has 4 heteroatoms. The molecule has 1 aliphatic rings. The summed E-state index contributed by atoms with van der Waals surface area (Å²) < 4.78 is 0. The fraction of sp³-hybridized carbons (Fsp3) is 0.250. The van der Waals surface area contributed by atoms with E-state index in [1.165, 1.54) is 0 Å². The number of Topliss-reactive ketones (excluding diaryl/α,β-unsaturated/α-hetero) is 1. The van der Waals surface area contributed by atoms with Gasteiger partial charge in [-0.1, -0.05) is 11.6 Å². The number of carbonyl (C=O) groups excluding carboxylic acids is 1. The first-order valence-electron chi connectivity index (χ1n) is 4.92. The molecule has 84 valence electrons. The number of halogens is 1. The predicted octanol–water partition coefficient (Wildman–Crippen LogP) is 3.07. The molecule has 1 heterocycles. The number of rotatable bonds is 1. The zero-order chi connectivity index (χ0) is 11.7. The fourth-order valence-electron chi connectivity index (χ4n) is 1.61. The van der Waals surface area contributed by atoms with E-state index in [9.17, 15) is 4.79 Å². The summed E-state index contributed by atoms with van der Waals surface area (Å²) in [6, 6.07) is 5.48. The van der Waals surface area contributed by atoms with Gasteiger partial charge in [0.2, 0.25) is 0 Å². The molecule has 0 atom stereocenters. The largest absolute Gasteiger partial charge is 0.383 e. The van der Waals surface area contributed by atoms with Crippen LogP contribution in [0.2, 0.25) is 5.02 Å². The molecule has 0 aromatic heterocycles. The smallest absolute Gasteiger partial charge is 0.192 e. The van der Waals surface area contributed by atoms with Crippen molar-refractivity contribution >= 4 is 29.1 Å². The first-order chi connectivity index (χ1) is 7.58. The van der Waals surface area contributed by atoms with E-state index in [0.29, 0.717) is 5.02 Å². The topological polar surface area (TPSA) is 20.3 Å². The third-order valence-corrected chi connectivity index (χ3v) is 3.63. The first kappa shape index (κ1) is 11.6. The van der Waals surface area contributed by atoms with Crippen molar-refractivity contribution in [2.45, 2.75) is 4.90 Å². The van der Waals surface area contributed by atoms with Crippen LogP contribution in [0.15, 0.2) is 34.9 Å². The number of nitrogens with zero attached hydrogens (tertiary/aromatic N) is 1. The first-order valence-corrected chi connectivity index (χ1v) is 6.28. The maximum atomic E-state index is 12.1. The van der Waals surface area contributed by atoms with E-state index in [0.717, 1.165) is 21.8 Å². The van der Waals surface area contributed by atoms with Gasteiger partial charge in [0.15, 0.2) is 5.78 Å². The molecule has 0 saturated heterocycles. The van der Waals surface area contributed by atoms with Crippen LogP contribution in [0.4, 0.5) is 0 Å². The van der Waals surface area contributed by atoms with Crippen LogP contribution in [-0.4, -0.2) is 30.5 Å². The molecule has 0 aliphatic carbocycles. The van der Waals surface area contributed by atoms with Crippen molar-refractivity contribution in [1.82, 2.24) is 4.90 Å². The molecular weight excluding hydrogens is 242 g/mol. The molecule has 0 bridgehead atoms. The third kappa shape index (κ3) is 2.25. The Morgan fingerprint density at radius 1 is 1.44 bits per heavy atom. The van der Waals surface area contributed by atoms with Crippen LogP contribution in [0.3, 0.4) is 0 Å². The SMILES string of the molecule is CN(C)/C=C1\CSc2ccc(Cl)cc2C1=O. The Morgan fingerprint density at radius 3 is 2.88 bits per heavy atom. The zero-order valence-corrected chi connectivity index (χ0v) is 10.7. The van der Waals surface area contributed by atoms with Gasteiger partial charge < -0.3 is 4.90 Å². The second kappa shape index (κ2) is 4.52. The van der Waals surface area contributed by atoms with Gasteiger partial charge in [0.05, 0.1) is 0 Å². The monoisotopic (exact) mass is 253 g/mol. The van der Waals surface area contributed by atoms with Crippen LogP contribution >= 0.6 is 23.4 Å². The second-order valence-electron chi connectivity index (χ2n) is 3.88. The van der Waals surface area contributed by atoms with Crippen molar-refractivity contribution < 1.29 is 4.79 Å². The molecule has 16 heavy (non-hydrogen) atoms. The molecule has 0 radical (unpaired) electrons. The van der Waals surface area contributed by atoms with Crippen molar-refractivity contribution in [3.05, 3.63) is 40.6 Å². The van der Waals surface area contributed by atoms with E-state index < -0.39 is 0 Å². The molecule has 0 amide bonds. The summed E-state index contributed by atoms with van der Waals surface area (Å²) in [5.74, 6) is 0.816. The quantitative estimate of drug-likeness (QED) is 0.718. The normalized spacial score (nSPS) is 17.4. The summed E-state index contributed by atoms with van der Waals surface area (Å²) in [6.45, 7) is 0. The number of hydrogen-bond donors (Lipinski definition) is 0. The van der Waals surface area contributed by atoms with Gasteiger partial charge in [-0.25, -0.2) is 0 Å². The highest BCUT2D eigenvalue weighted by Crippen LogP contribution is 2.34. The Balaban J connectivity index is 2.42. The summed E-state index contributed by atoms with van der Waals surface area (Å²) in [5.41, 5.74) is 1.54. The molecule has 0 saturated carbocycles. The Kier molecular flexibility index (Phi) is 3.26. The fourth-order valence-corrected chi connectivity index (χ4v) is 2.77. The van der Waals surface area contributed by atoms with Gasteiger partial charge in [-0.05, 0) is 18.2 Å². The van der Waals surface area contributed by atoms with Crippen LogP contribution in [0.5, 0.6) is 0 Å². The third-order valence-electron chi connectivity index (χ3n) is 2.28. The molecule has 0 unspecified atom stereocenters. The molecule has 1 aromatic rings. The highest BCUT2D eigenvalue weighted by Gasteiger charge is 2.22. The average molecular weight is 254 g/mol.